The summed E-state index contributed by atoms with van der Waals surface area (Å²) in [7, 11) is 0. The van der Waals surface area contributed by atoms with E-state index >= 15 is 0 Å². The molecule has 0 atom stereocenters. The van der Waals surface area contributed by atoms with Gasteiger partial charge in [0.15, 0.2) is 5.78 Å². The standard InChI is InChI=1S/C9H9NO2/c1-3-7-10-9(12)6-5-8(11)4-2/h1,4-6H,2,7H2,(H,10,12)/b6-5+. The number of hydrogen-bond acceptors (Lipinski definition) is 2. The van der Waals surface area contributed by atoms with Gasteiger partial charge in [0, 0.05) is 6.08 Å². The SMILES string of the molecule is C#CCNC(=O)/C=C/C(=O)C=C. The summed E-state index contributed by atoms with van der Waals surface area (Å²) >= 11 is 0. The molecule has 0 fully saturated rings. The molecule has 0 heterocycles. The van der Waals surface area contributed by atoms with Crippen LogP contribution in [-0.4, -0.2) is 18.2 Å². The minimum Gasteiger partial charge on any atom is -0.342 e. The normalized spacial score (nSPS) is 8.92. The zero-order valence-electron chi connectivity index (χ0n) is 6.54. The first-order chi connectivity index (χ1) is 5.70. The van der Waals surface area contributed by atoms with Crippen molar-refractivity contribution in [2.45, 2.75) is 0 Å². The van der Waals surface area contributed by atoms with Crippen LogP contribution in [0.4, 0.5) is 0 Å². The van der Waals surface area contributed by atoms with E-state index in [0.29, 0.717) is 0 Å². The van der Waals surface area contributed by atoms with Crippen LogP contribution in [0, 0.1) is 12.3 Å². The highest BCUT2D eigenvalue weighted by atomic mass is 16.1. The van der Waals surface area contributed by atoms with Crippen LogP contribution >= 0.6 is 0 Å². The van der Waals surface area contributed by atoms with Crippen molar-refractivity contribution in [1.82, 2.24) is 5.32 Å². The highest BCUT2D eigenvalue weighted by Crippen LogP contribution is 1.78. The predicted octanol–water partition coefficient (Wildman–Crippen LogP) is 0.0471. The first-order valence-electron chi connectivity index (χ1n) is 3.26. The van der Waals surface area contributed by atoms with Crippen molar-refractivity contribution in [3.8, 4) is 12.3 Å². The summed E-state index contributed by atoms with van der Waals surface area (Å²) in [6, 6.07) is 0. The Balaban J connectivity index is 3.85. The molecule has 3 nitrogen and oxygen atoms in total. The Kier molecular flexibility index (Phi) is 5.03. The first-order valence-corrected chi connectivity index (χ1v) is 3.26. The molecular formula is C9H9NO2. The zero-order valence-corrected chi connectivity index (χ0v) is 6.54. The molecule has 0 bridgehead atoms. The van der Waals surface area contributed by atoms with Crippen LogP contribution in [0.1, 0.15) is 0 Å². The summed E-state index contributed by atoms with van der Waals surface area (Å²) in [4.78, 5) is 21.3. The number of carbonyl (C=O) groups is 2. The van der Waals surface area contributed by atoms with Crippen molar-refractivity contribution in [3.63, 3.8) is 0 Å². The molecule has 0 unspecified atom stereocenters. The van der Waals surface area contributed by atoms with E-state index in [1.165, 1.54) is 0 Å². The van der Waals surface area contributed by atoms with E-state index in [1.54, 1.807) is 0 Å². The first kappa shape index (κ1) is 10.2. The van der Waals surface area contributed by atoms with Gasteiger partial charge in [0.1, 0.15) is 0 Å². The van der Waals surface area contributed by atoms with Gasteiger partial charge >= 0.3 is 0 Å². The van der Waals surface area contributed by atoms with E-state index in [-0.39, 0.29) is 18.2 Å². The Morgan fingerprint density at radius 2 is 2.17 bits per heavy atom. The molecule has 0 radical (unpaired) electrons. The molecular weight excluding hydrogens is 154 g/mol. The van der Waals surface area contributed by atoms with Gasteiger partial charge in [0.25, 0.3) is 0 Å². The van der Waals surface area contributed by atoms with Crippen molar-refractivity contribution in [3.05, 3.63) is 24.8 Å². The molecule has 0 aliphatic carbocycles. The average Bonchev–Trinajstić information content (AvgIpc) is 2.10. The Morgan fingerprint density at radius 1 is 1.50 bits per heavy atom. The fourth-order valence-corrected chi connectivity index (χ4v) is 0.423. The van der Waals surface area contributed by atoms with E-state index < -0.39 is 0 Å². The summed E-state index contributed by atoms with van der Waals surface area (Å²) in [6.45, 7) is 3.39. The largest absolute Gasteiger partial charge is 0.342 e. The molecule has 0 aliphatic heterocycles. The number of allylic oxidation sites excluding steroid dienone is 2. The number of terminal acetylenes is 1. The Hall–Kier alpha value is -1.82. The molecule has 0 rings (SSSR count). The minimum atomic E-state index is -0.386. The van der Waals surface area contributed by atoms with Crippen LogP contribution in [0.3, 0.4) is 0 Å². The lowest BCUT2D eigenvalue weighted by molar-refractivity contribution is -0.117. The summed E-state index contributed by atoms with van der Waals surface area (Å²) < 4.78 is 0. The maximum atomic E-state index is 10.7. The van der Waals surface area contributed by atoms with Crippen molar-refractivity contribution in [1.29, 1.82) is 0 Å². The van der Waals surface area contributed by atoms with Crippen molar-refractivity contribution in [2.24, 2.45) is 0 Å². The molecule has 0 saturated heterocycles. The number of ketones is 1. The predicted molar refractivity (Wildman–Crippen MR) is 46.2 cm³/mol. The minimum absolute atomic E-state index is 0.158. The van der Waals surface area contributed by atoms with Crippen LogP contribution in [0.25, 0.3) is 0 Å². The van der Waals surface area contributed by atoms with Gasteiger partial charge in [-0.25, -0.2) is 0 Å². The lowest BCUT2D eigenvalue weighted by atomic mass is 10.3. The topological polar surface area (TPSA) is 46.2 Å². The molecule has 0 aromatic carbocycles. The molecule has 0 saturated carbocycles. The van der Waals surface area contributed by atoms with Gasteiger partial charge in [-0.2, -0.15) is 0 Å². The van der Waals surface area contributed by atoms with Gasteiger partial charge in [0.05, 0.1) is 6.54 Å². The van der Waals surface area contributed by atoms with E-state index in [4.69, 9.17) is 6.42 Å². The smallest absolute Gasteiger partial charge is 0.244 e. The highest BCUT2D eigenvalue weighted by Gasteiger charge is 1.92. The second kappa shape index (κ2) is 5.93. The third-order valence-corrected chi connectivity index (χ3v) is 0.965. The van der Waals surface area contributed by atoms with Crippen LogP contribution < -0.4 is 5.32 Å². The van der Waals surface area contributed by atoms with Crippen LogP contribution in [0.15, 0.2) is 24.8 Å². The molecule has 3 heteroatoms. The maximum absolute atomic E-state index is 10.7. The number of nitrogens with one attached hydrogen (secondary N) is 1. The molecule has 0 aliphatic rings. The number of amides is 1. The number of rotatable bonds is 4. The highest BCUT2D eigenvalue weighted by molar-refractivity contribution is 6.03. The Morgan fingerprint density at radius 3 is 2.67 bits per heavy atom. The molecule has 0 spiro atoms. The fourth-order valence-electron chi connectivity index (χ4n) is 0.423. The van der Waals surface area contributed by atoms with Gasteiger partial charge in [-0.05, 0) is 12.2 Å². The lowest BCUT2D eigenvalue weighted by Gasteiger charge is -1.92. The van der Waals surface area contributed by atoms with Gasteiger partial charge in [-0.3, -0.25) is 9.59 Å². The van der Waals surface area contributed by atoms with E-state index in [1.807, 2.05) is 0 Å². The number of hydrogen-bond donors (Lipinski definition) is 1. The monoisotopic (exact) mass is 163 g/mol. The molecule has 1 amide bonds. The number of carbonyl (C=O) groups excluding carboxylic acids is 2. The van der Waals surface area contributed by atoms with Gasteiger partial charge in [-0.15, -0.1) is 6.42 Å². The third-order valence-electron chi connectivity index (χ3n) is 0.965. The maximum Gasteiger partial charge on any atom is 0.244 e. The van der Waals surface area contributed by atoms with Crippen LogP contribution in [0.2, 0.25) is 0 Å². The second-order valence-corrected chi connectivity index (χ2v) is 1.86. The second-order valence-electron chi connectivity index (χ2n) is 1.86. The van der Waals surface area contributed by atoms with Gasteiger partial charge < -0.3 is 5.32 Å². The van der Waals surface area contributed by atoms with Crippen molar-refractivity contribution in [2.75, 3.05) is 6.54 Å². The summed E-state index contributed by atoms with van der Waals surface area (Å²) in [6.07, 6.45) is 8.24. The Bertz CT molecular complexity index is 258. The molecule has 12 heavy (non-hydrogen) atoms. The van der Waals surface area contributed by atoms with Gasteiger partial charge in [-0.1, -0.05) is 12.5 Å². The van der Waals surface area contributed by atoms with Crippen molar-refractivity contribution >= 4 is 11.7 Å². The molecule has 62 valence electrons. The molecule has 0 aromatic heterocycles. The van der Waals surface area contributed by atoms with E-state index in [9.17, 15) is 9.59 Å². The molecule has 0 aromatic rings. The lowest BCUT2D eigenvalue weighted by Crippen LogP contribution is -2.21. The van der Waals surface area contributed by atoms with Crippen LogP contribution in [-0.2, 0) is 9.59 Å². The van der Waals surface area contributed by atoms with Gasteiger partial charge in [0.2, 0.25) is 5.91 Å². The van der Waals surface area contributed by atoms with E-state index in [2.05, 4.69) is 17.8 Å². The summed E-state index contributed by atoms with van der Waals surface area (Å²) in [5.41, 5.74) is 0. The zero-order chi connectivity index (χ0) is 9.40. The average molecular weight is 163 g/mol. The Labute approximate surface area is 71.2 Å². The summed E-state index contributed by atoms with van der Waals surface area (Å²) in [5, 5.41) is 2.36. The van der Waals surface area contributed by atoms with Crippen LogP contribution in [0.5, 0.6) is 0 Å². The third kappa shape index (κ3) is 5.00. The fraction of sp³-hybridized carbons (Fsp3) is 0.111. The molecule has 1 N–H and O–H groups in total. The van der Waals surface area contributed by atoms with Crippen molar-refractivity contribution < 1.29 is 9.59 Å². The quantitative estimate of drug-likeness (QED) is 0.470. The summed E-state index contributed by atoms with van der Waals surface area (Å²) in [5.74, 6) is 1.53. The van der Waals surface area contributed by atoms with E-state index in [0.717, 1.165) is 18.2 Å².